The molecule has 3 aromatic rings. The fourth-order valence-electron chi connectivity index (χ4n) is 3.34. The van der Waals surface area contributed by atoms with Gasteiger partial charge in [-0.15, -0.1) is 0 Å². The highest BCUT2D eigenvalue weighted by Gasteiger charge is 2.34. The van der Waals surface area contributed by atoms with Gasteiger partial charge in [0.2, 0.25) is 0 Å². The molecule has 4 heteroatoms. The van der Waals surface area contributed by atoms with Crippen molar-refractivity contribution in [2.24, 2.45) is 0 Å². The predicted molar refractivity (Wildman–Crippen MR) is 93.2 cm³/mol. The van der Waals surface area contributed by atoms with Gasteiger partial charge in [0.15, 0.2) is 11.6 Å². The zero-order chi connectivity index (χ0) is 17.6. The Kier molecular flexibility index (Phi) is 3.46. The average Bonchev–Trinajstić information content (AvgIpc) is 2.64. The van der Waals surface area contributed by atoms with E-state index in [1.54, 1.807) is 49.4 Å². The van der Waals surface area contributed by atoms with E-state index < -0.39 is 5.97 Å². The van der Waals surface area contributed by atoms with Gasteiger partial charge in [0.1, 0.15) is 0 Å². The minimum atomic E-state index is -0.587. The van der Waals surface area contributed by atoms with Crippen LogP contribution in [0.15, 0.2) is 54.6 Å². The van der Waals surface area contributed by atoms with Crippen LogP contribution in [0.1, 0.15) is 49.1 Å². The van der Waals surface area contributed by atoms with E-state index in [-0.39, 0.29) is 34.9 Å². The number of carbonyl (C=O) groups is 3. The molecule has 0 unspecified atom stereocenters. The molecule has 122 valence electrons. The summed E-state index contributed by atoms with van der Waals surface area (Å²) in [4.78, 5) is 38.6. The Morgan fingerprint density at radius 1 is 0.880 bits per heavy atom. The lowest BCUT2D eigenvalue weighted by Crippen LogP contribution is -2.24. The highest BCUT2D eigenvalue weighted by atomic mass is 16.5. The summed E-state index contributed by atoms with van der Waals surface area (Å²) in [6.45, 7) is 1.90. The molecular weight excluding hydrogens is 316 g/mol. The molecule has 0 fully saturated rings. The minimum absolute atomic E-state index is 0.140. The second-order valence-corrected chi connectivity index (χ2v) is 5.82. The van der Waals surface area contributed by atoms with Crippen LogP contribution in [-0.4, -0.2) is 24.1 Å². The van der Waals surface area contributed by atoms with Crippen LogP contribution in [0.3, 0.4) is 0 Å². The summed E-state index contributed by atoms with van der Waals surface area (Å²) in [7, 11) is 0. The molecule has 0 aliphatic heterocycles. The van der Waals surface area contributed by atoms with E-state index in [1.807, 2.05) is 12.1 Å². The van der Waals surface area contributed by atoms with E-state index >= 15 is 0 Å². The van der Waals surface area contributed by atoms with Crippen molar-refractivity contribution in [3.8, 4) is 0 Å². The molecule has 4 rings (SSSR count). The molecule has 0 spiro atoms. The first kappa shape index (κ1) is 15.3. The van der Waals surface area contributed by atoms with E-state index in [1.165, 1.54) is 0 Å². The number of fused-ring (bicyclic) bond motifs is 3. The maximum absolute atomic E-state index is 13.1. The number of hydrogen-bond donors (Lipinski definition) is 0. The van der Waals surface area contributed by atoms with E-state index in [0.29, 0.717) is 16.5 Å². The van der Waals surface area contributed by atoms with Crippen LogP contribution in [-0.2, 0) is 4.74 Å². The van der Waals surface area contributed by atoms with E-state index in [9.17, 15) is 14.4 Å². The third kappa shape index (κ3) is 2.18. The Morgan fingerprint density at radius 2 is 1.52 bits per heavy atom. The zero-order valence-electron chi connectivity index (χ0n) is 13.5. The zero-order valence-corrected chi connectivity index (χ0v) is 13.5. The van der Waals surface area contributed by atoms with Crippen LogP contribution in [0.25, 0.3) is 10.8 Å². The lowest BCUT2D eigenvalue weighted by Gasteiger charge is -2.21. The number of ether oxygens (including phenoxy) is 1. The molecule has 4 nitrogen and oxygen atoms in total. The van der Waals surface area contributed by atoms with Gasteiger partial charge in [-0.2, -0.15) is 0 Å². The number of ketones is 2. The number of benzene rings is 3. The first-order valence-corrected chi connectivity index (χ1v) is 8.04. The van der Waals surface area contributed by atoms with Crippen LogP contribution in [0.5, 0.6) is 0 Å². The van der Waals surface area contributed by atoms with Gasteiger partial charge in [0.25, 0.3) is 0 Å². The van der Waals surface area contributed by atoms with Gasteiger partial charge in [0, 0.05) is 22.3 Å². The summed E-state index contributed by atoms with van der Waals surface area (Å²) in [5, 5.41) is 1.34. The third-order valence-corrected chi connectivity index (χ3v) is 4.42. The van der Waals surface area contributed by atoms with Crippen molar-refractivity contribution in [1.82, 2.24) is 0 Å². The van der Waals surface area contributed by atoms with Crippen LogP contribution in [0, 0.1) is 0 Å². The maximum atomic E-state index is 13.1. The lowest BCUT2D eigenvalue weighted by atomic mass is 9.80. The fraction of sp³-hybridized carbons (Fsp3) is 0.0952. The van der Waals surface area contributed by atoms with Crippen molar-refractivity contribution in [1.29, 1.82) is 0 Å². The standard InChI is InChI=1S/C21H14O4/c1-2-25-21(24)18-13-8-4-3-7-12(13)11-16-17(18)20(23)15-10-6-5-9-14(15)19(16)22/h3-11H,2H2,1H3. The summed E-state index contributed by atoms with van der Waals surface area (Å²) in [5.74, 6) is -1.16. The molecule has 1 aliphatic carbocycles. The molecule has 0 bridgehead atoms. The molecular formula is C21H14O4. The van der Waals surface area contributed by atoms with E-state index in [2.05, 4.69) is 0 Å². The van der Waals surface area contributed by atoms with Gasteiger partial charge in [-0.3, -0.25) is 9.59 Å². The van der Waals surface area contributed by atoms with Gasteiger partial charge < -0.3 is 4.74 Å². The number of carbonyl (C=O) groups excluding carboxylic acids is 3. The summed E-state index contributed by atoms with van der Waals surface area (Å²) >= 11 is 0. The number of esters is 1. The van der Waals surface area contributed by atoms with Crippen LogP contribution in [0.2, 0.25) is 0 Å². The minimum Gasteiger partial charge on any atom is -0.462 e. The van der Waals surface area contributed by atoms with Crippen LogP contribution < -0.4 is 0 Å². The molecule has 3 aromatic carbocycles. The topological polar surface area (TPSA) is 60.4 Å². The Labute approximate surface area is 144 Å². The number of hydrogen-bond acceptors (Lipinski definition) is 4. The van der Waals surface area contributed by atoms with Crippen molar-refractivity contribution in [2.75, 3.05) is 6.61 Å². The van der Waals surface area contributed by atoms with Gasteiger partial charge in [-0.1, -0.05) is 48.5 Å². The second kappa shape index (κ2) is 5.67. The first-order valence-electron chi connectivity index (χ1n) is 8.04. The Balaban J connectivity index is 2.11. The summed E-state index contributed by atoms with van der Waals surface area (Å²) in [6.07, 6.45) is 0. The monoisotopic (exact) mass is 330 g/mol. The van der Waals surface area contributed by atoms with Gasteiger partial charge in [-0.25, -0.2) is 4.79 Å². The van der Waals surface area contributed by atoms with Crippen molar-refractivity contribution < 1.29 is 19.1 Å². The quantitative estimate of drug-likeness (QED) is 0.525. The van der Waals surface area contributed by atoms with Crippen LogP contribution in [0.4, 0.5) is 0 Å². The molecule has 0 saturated carbocycles. The SMILES string of the molecule is CCOC(=O)c1c2c(cc3ccccc13)C(=O)c1ccccc1C2=O. The first-order chi connectivity index (χ1) is 12.1. The van der Waals surface area contributed by atoms with Crippen LogP contribution >= 0.6 is 0 Å². The largest absolute Gasteiger partial charge is 0.462 e. The summed E-state index contributed by atoms with van der Waals surface area (Å²) in [5.41, 5.74) is 1.25. The molecule has 0 N–H and O–H groups in total. The highest BCUT2D eigenvalue weighted by Crippen LogP contribution is 2.34. The third-order valence-electron chi connectivity index (χ3n) is 4.42. The average molecular weight is 330 g/mol. The predicted octanol–water partition coefficient (Wildman–Crippen LogP) is 3.79. The van der Waals surface area contributed by atoms with Gasteiger partial charge in [-0.05, 0) is 23.8 Å². The second-order valence-electron chi connectivity index (χ2n) is 5.82. The highest BCUT2D eigenvalue weighted by molar-refractivity contribution is 6.32. The van der Waals surface area contributed by atoms with Crippen molar-refractivity contribution >= 4 is 28.3 Å². The smallest absolute Gasteiger partial charge is 0.339 e. The maximum Gasteiger partial charge on any atom is 0.339 e. The Hall–Kier alpha value is -3.27. The molecule has 0 saturated heterocycles. The summed E-state index contributed by atoms with van der Waals surface area (Å²) in [6, 6.07) is 15.6. The Bertz CT molecular complexity index is 1060. The number of rotatable bonds is 2. The van der Waals surface area contributed by atoms with Crippen molar-refractivity contribution in [2.45, 2.75) is 6.92 Å². The summed E-state index contributed by atoms with van der Waals surface area (Å²) < 4.78 is 5.17. The molecule has 0 radical (unpaired) electrons. The van der Waals surface area contributed by atoms with E-state index in [0.717, 1.165) is 5.39 Å². The van der Waals surface area contributed by atoms with E-state index in [4.69, 9.17) is 4.74 Å². The fourth-order valence-corrected chi connectivity index (χ4v) is 3.34. The van der Waals surface area contributed by atoms with Gasteiger partial charge in [0.05, 0.1) is 12.2 Å². The Morgan fingerprint density at radius 3 is 2.24 bits per heavy atom. The molecule has 0 amide bonds. The molecule has 25 heavy (non-hydrogen) atoms. The van der Waals surface area contributed by atoms with Gasteiger partial charge >= 0.3 is 5.97 Å². The normalized spacial score (nSPS) is 12.7. The molecule has 1 aliphatic rings. The van der Waals surface area contributed by atoms with Crippen molar-refractivity contribution in [3.63, 3.8) is 0 Å². The molecule has 0 heterocycles. The molecule has 0 atom stereocenters. The lowest BCUT2D eigenvalue weighted by molar-refractivity contribution is 0.0526. The molecule has 0 aromatic heterocycles. The van der Waals surface area contributed by atoms with Crippen molar-refractivity contribution in [3.05, 3.63) is 82.4 Å².